The quantitative estimate of drug-likeness (QED) is 0.784. The van der Waals surface area contributed by atoms with Crippen LogP contribution in [0.4, 0.5) is 18.0 Å². The van der Waals surface area contributed by atoms with E-state index < -0.39 is 23.8 Å². The lowest BCUT2D eigenvalue weighted by Gasteiger charge is -2.17. The molecule has 0 aliphatic carbocycles. The summed E-state index contributed by atoms with van der Waals surface area (Å²) in [5.41, 5.74) is 0.300. The molecule has 0 spiro atoms. The summed E-state index contributed by atoms with van der Waals surface area (Å²) in [5, 5.41) is 14.4. The number of halogens is 3. The van der Waals surface area contributed by atoms with Gasteiger partial charge in [-0.1, -0.05) is 42.5 Å². The zero-order valence-corrected chi connectivity index (χ0v) is 12.7. The Balaban J connectivity index is 1.93. The van der Waals surface area contributed by atoms with Gasteiger partial charge in [0.05, 0.1) is 18.2 Å². The van der Waals surface area contributed by atoms with Crippen LogP contribution in [0.5, 0.6) is 0 Å². The van der Waals surface area contributed by atoms with Gasteiger partial charge in [0.25, 0.3) is 0 Å². The van der Waals surface area contributed by atoms with E-state index in [1.165, 1.54) is 12.1 Å². The zero-order valence-electron chi connectivity index (χ0n) is 12.7. The number of rotatable bonds is 5. The highest BCUT2D eigenvalue weighted by Gasteiger charge is 2.30. The number of urea groups is 1. The van der Waals surface area contributed by atoms with Gasteiger partial charge in [0.1, 0.15) is 0 Å². The highest BCUT2D eigenvalue weighted by Crippen LogP contribution is 2.29. The third-order valence-electron chi connectivity index (χ3n) is 3.40. The zero-order chi connectivity index (χ0) is 17.6. The molecule has 0 radical (unpaired) electrons. The molecule has 7 heteroatoms. The highest BCUT2D eigenvalue weighted by molar-refractivity contribution is 5.74. The molecule has 1 unspecified atom stereocenters. The number of benzene rings is 2. The van der Waals surface area contributed by atoms with Gasteiger partial charge < -0.3 is 15.7 Å². The van der Waals surface area contributed by atoms with E-state index in [1.807, 2.05) is 6.07 Å². The average molecular weight is 338 g/mol. The lowest BCUT2D eigenvalue weighted by atomic mass is 10.1. The molecule has 3 N–H and O–H groups in total. The Morgan fingerprint density at radius 1 is 1.08 bits per heavy atom. The number of alkyl halides is 3. The first kappa shape index (κ1) is 17.8. The van der Waals surface area contributed by atoms with Crippen molar-refractivity contribution in [1.82, 2.24) is 10.6 Å². The molecule has 4 nitrogen and oxygen atoms in total. The Hall–Kier alpha value is -2.54. The molecule has 2 aromatic carbocycles. The van der Waals surface area contributed by atoms with Crippen LogP contribution in [-0.2, 0) is 12.7 Å². The monoisotopic (exact) mass is 338 g/mol. The van der Waals surface area contributed by atoms with Gasteiger partial charge in [0.2, 0.25) is 0 Å². The van der Waals surface area contributed by atoms with Crippen molar-refractivity contribution in [3.05, 3.63) is 71.3 Å². The van der Waals surface area contributed by atoms with Crippen LogP contribution in [0, 0.1) is 0 Å². The fraction of sp³-hybridized carbons (Fsp3) is 0.235. The van der Waals surface area contributed by atoms with Crippen molar-refractivity contribution in [2.45, 2.75) is 18.8 Å². The van der Waals surface area contributed by atoms with Gasteiger partial charge in [-0.15, -0.1) is 0 Å². The number of carbonyl (C=O) groups is 1. The molecule has 128 valence electrons. The van der Waals surface area contributed by atoms with E-state index in [1.54, 1.807) is 24.3 Å². The van der Waals surface area contributed by atoms with E-state index in [9.17, 15) is 23.1 Å². The smallest absolute Gasteiger partial charge is 0.394 e. The van der Waals surface area contributed by atoms with Gasteiger partial charge in [-0.2, -0.15) is 13.2 Å². The molecule has 0 fully saturated rings. The van der Waals surface area contributed by atoms with Crippen LogP contribution in [0.3, 0.4) is 0 Å². The lowest BCUT2D eigenvalue weighted by Crippen LogP contribution is -2.38. The molecule has 2 amide bonds. The van der Waals surface area contributed by atoms with Gasteiger partial charge in [0.15, 0.2) is 0 Å². The molecule has 0 heterocycles. The summed E-state index contributed by atoms with van der Waals surface area (Å²) in [5.74, 6) is 0. The Morgan fingerprint density at radius 3 is 2.42 bits per heavy atom. The minimum absolute atomic E-state index is 0.0529. The van der Waals surface area contributed by atoms with E-state index in [0.717, 1.165) is 17.7 Å². The van der Waals surface area contributed by atoms with Crippen LogP contribution in [-0.4, -0.2) is 17.7 Å². The fourth-order valence-electron chi connectivity index (χ4n) is 2.17. The van der Waals surface area contributed by atoms with E-state index in [4.69, 9.17) is 0 Å². The van der Waals surface area contributed by atoms with Crippen LogP contribution in [0.25, 0.3) is 0 Å². The summed E-state index contributed by atoms with van der Waals surface area (Å²) in [6, 6.07) is 12.5. The second kappa shape index (κ2) is 7.83. The molecule has 0 bridgehead atoms. The summed E-state index contributed by atoms with van der Waals surface area (Å²) >= 11 is 0. The second-order valence-electron chi connectivity index (χ2n) is 5.17. The maximum atomic E-state index is 12.6. The molecule has 0 aliphatic rings. The number of hydrogen-bond acceptors (Lipinski definition) is 2. The molecule has 0 aliphatic heterocycles. The van der Waals surface area contributed by atoms with Crippen molar-refractivity contribution < 1.29 is 23.1 Å². The maximum Gasteiger partial charge on any atom is 0.416 e. The number of carbonyl (C=O) groups excluding carboxylic acids is 1. The van der Waals surface area contributed by atoms with Crippen molar-refractivity contribution in [3.8, 4) is 0 Å². The van der Waals surface area contributed by atoms with Crippen molar-refractivity contribution >= 4 is 6.03 Å². The largest absolute Gasteiger partial charge is 0.416 e. The van der Waals surface area contributed by atoms with Crippen LogP contribution in [0.2, 0.25) is 0 Å². The number of hydrogen-bond donors (Lipinski definition) is 3. The van der Waals surface area contributed by atoms with Crippen LogP contribution >= 0.6 is 0 Å². The van der Waals surface area contributed by atoms with Gasteiger partial charge in [-0.25, -0.2) is 4.79 Å². The highest BCUT2D eigenvalue weighted by atomic mass is 19.4. The predicted octanol–water partition coefficient (Wildman–Crippen LogP) is 3.24. The first-order valence-corrected chi connectivity index (χ1v) is 7.26. The van der Waals surface area contributed by atoms with Gasteiger partial charge >= 0.3 is 12.2 Å². The Kier molecular flexibility index (Phi) is 5.81. The predicted molar refractivity (Wildman–Crippen MR) is 83.1 cm³/mol. The molecule has 0 aromatic heterocycles. The minimum atomic E-state index is -4.42. The van der Waals surface area contributed by atoms with E-state index in [2.05, 4.69) is 10.6 Å². The van der Waals surface area contributed by atoms with Crippen molar-refractivity contribution in [1.29, 1.82) is 0 Å². The van der Waals surface area contributed by atoms with Crippen molar-refractivity contribution in [3.63, 3.8) is 0 Å². The minimum Gasteiger partial charge on any atom is -0.394 e. The van der Waals surface area contributed by atoms with E-state index in [-0.39, 0.29) is 13.2 Å². The summed E-state index contributed by atoms with van der Waals surface area (Å²) in [6.45, 7) is -0.344. The fourth-order valence-corrected chi connectivity index (χ4v) is 2.17. The first-order chi connectivity index (χ1) is 11.4. The average Bonchev–Trinajstić information content (AvgIpc) is 2.58. The number of amides is 2. The van der Waals surface area contributed by atoms with Gasteiger partial charge in [0, 0.05) is 6.54 Å². The number of nitrogens with one attached hydrogen (secondary N) is 2. The van der Waals surface area contributed by atoms with E-state index in [0.29, 0.717) is 5.56 Å². The molecule has 24 heavy (non-hydrogen) atoms. The summed E-state index contributed by atoms with van der Waals surface area (Å²) < 4.78 is 37.9. The lowest BCUT2D eigenvalue weighted by molar-refractivity contribution is -0.137. The number of aliphatic hydroxyl groups excluding tert-OH is 1. The van der Waals surface area contributed by atoms with Gasteiger partial charge in [-0.05, 0) is 23.3 Å². The molecule has 2 rings (SSSR count). The molecular formula is C17H17F3N2O2. The van der Waals surface area contributed by atoms with Crippen LogP contribution < -0.4 is 10.6 Å². The van der Waals surface area contributed by atoms with Crippen LogP contribution in [0.1, 0.15) is 22.7 Å². The summed E-state index contributed by atoms with van der Waals surface area (Å²) in [7, 11) is 0. The normalized spacial score (nSPS) is 12.5. The summed E-state index contributed by atoms with van der Waals surface area (Å²) in [6.07, 6.45) is -4.42. The van der Waals surface area contributed by atoms with Crippen molar-refractivity contribution in [2.75, 3.05) is 6.61 Å². The Labute approximate surface area is 137 Å². The molecule has 0 saturated heterocycles. The van der Waals surface area contributed by atoms with Crippen LogP contribution in [0.15, 0.2) is 54.6 Å². The maximum absolute atomic E-state index is 12.6. The third-order valence-corrected chi connectivity index (χ3v) is 3.40. The summed E-state index contributed by atoms with van der Waals surface area (Å²) in [4.78, 5) is 11.9. The third kappa shape index (κ3) is 4.99. The Bertz CT molecular complexity index is 675. The molecule has 0 saturated carbocycles. The van der Waals surface area contributed by atoms with Gasteiger partial charge in [-0.3, -0.25) is 0 Å². The molecule has 2 aromatic rings. The topological polar surface area (TPSA) is 61.4 Å². The van der Waals surface area contributed by atoms with E-state index >= 15 is 0 Å². The standard InChI is InChI=1S/C17H17F3N2O2/c18-17(19,20)14-8-4-5-12(9-14)10-21-16(24)22-15(11-23)13-6-2-1-3-7-13/h1-9,15,23H,10-11H2,(H2,21,22,24). The molecular weight excluding hydrogens is 321 g/mol. The SMILES string of the molecule is O=C(NCc1cccc(C(F)(F)F)c1)NC(CO)c1ccccc1. The van der Waals surface area contributed by atoms with Crippen molar-refractivity contribution in [2.24, 2.45) is 0 Å². The second-order valence-corrected chi connectivity index (χ2v) is 5.17. The number of aliphatic hydroxyl groups is 1. The first-order valence-electron chi connectivity index (χ1n) is 7.26. The molecule has 1 atom stereocenters. The Morgan fingerprint density at radius 2 is 1.79 bits per heavy atom.